The maximum atomic E-state index is 11.7. The number of carbonyl (C=O) groups is 1. The number of methoxy groups -OCH3 is 1. The lowest BCUT2D eigenvalue weighted by molar-refractivity contribution is -0.384. The van der Waals surface area contributed by atoms with Crippen molar-refractivity contribution in [1.82, 2.24) is 0 Å². The van der Waals surface area contributed by atoms with Gasteiger partial charge >= 0.3 is 5.97 Å². The van der Waals surface area contributed by atoms with Gasteiger partial charge in [0.05, 0.1) is 18.6 Å². The number of nitro benzene ring substituents is 1. The molecule has 0 fully saturated rings. The second kappa shape index (κ2) is 8.52. The SMILES string of the molecule is COc1ccccc1OCCCC(=O)Oc1ccc([N+](=O)[O-])cc1. The molecular weight excluding hydrogens is 314 g/mol. The van der Waals surface area contributed by atoms with E-state index in [2.05, 4.69) is 0 Å². The monoisotopic (exact) mass is 331 g/mol. The van der Waals surface area contributed by atoms with Crippen LogP contribution in [0.4, 0.5) is 5.69 Å². The molecule has 0 heterocycles. The van der Waals surface area contributed by atoms with Crippen molar-refractivity contribution in [3.63, 3.8) is 0 Å². The van der Waals surface area contributed by atoms with Gasteiger partial charge in [-0.3, -0.25) is 14.9 Å². The number of hydrogen-bond acceptors (Lipinski definition) is 6. The molecule has 0 aromatic heterocycles. The molecule has 2 rings (SSSR count). The number of rotatable bonds is 8. The lowest BCUT2D eigenvalue weighted by Gasteiger charge is -2.10. The predicted molar refractivity (Wildman–Crippen MR) is 86.5 cm³/mol. The van der Waals surface area contributed by atoms with Crippen LogP contribution in [0.1, 0.15) is 12.8 Å². The number of esters is 1. The number of carbonyl (C=O) groups excluding carboxylic acids is 1. The van der Waals surface area contributed by atoms with Gasteiger partial charge < -0.3 is 14.2 Å². The molecule has 7 heteroatoms. The van der Waals surface area contributed by atoms with E-state index < -0.39 is 10.9 Å². The van der Waals surface area contributed by atoms with Gasteiger partial charge in [-0.1, -0.05) is 12.1 Å². The number of hydrogen-bond donors (Lipinski definition) is 0. The average molecular weight is 331 g/mol. The van der Waals surface area contributed by atoms with Gasteiger partial charge in [0.2, 0.25) is 0 Å². The number of non-ortho nitro benzene ring substituents is 1. The Morgan fingerprint density at radius 1 is 1.08 bits per heavy atom. The van der Waals surface area contributed by atoms with Gasteiger partial charge in [-0.2, -0.15) is 0 Å². The molecule has 0 radical (unpaired) electrons. The first-order valence-electron chi connectivity index (χ1n) is 7.31. The summed E-state index contributed by atoms with van der Waals surface area (Å²) in [4.78, 5) is 21.8. The first-order chi connectivity index (χ1) is 11.6. The quantitative estimate of drug-likeness (QED) is 0.242. The van der Waals surface area contributed by atoms with Gasteiger partial charge in [-0.15, -0.1) is 0 Å². The Morgan fingerprint density at radius 3 is 2.38 bits per heavy atom. The first kappa shape index (κ1) is 17.3. The van der Waals surface area contributed by atoms with Crippen LogP contribution in [0.25, 0.3) is 0 Å². The molecule has 0 amide bonds. The summed E-state index contributed by atoms with van der Waals surface area (Å²) in [5, 5.41) is 10.5. The van der Waals surface area contributed by atoms with Gasteiger partial charge in [0.15, 0.2) is 11.5 Å². The van der Waals surface area contributed by atoms with Crippen molar-refractivity contribution in [2.24, 2.45) is 0 Å². The van der Waals surface area contributed by atoms with Crippen molar-refractivity contribution < 1.29 is 23.9 Å². The van der Waals surface area contributed by atoms with E-state index in [-0.39, 0.29) is 17.9 Å². The Labute approximate surface area is 138 Å². The maximum Gasteiger partial charge on any atom is 0.311 e. The minimum atomic E-state index is -0.513. The summed E-state index contributed by atoms with van der Waals surface area (Å²) in [7, 11) is 1.56. The minimum absolute atomic E-state index is 0.0555. The zero-order valence-corrected chi connectivity index (χ0v) is 13.1. The van der Waals surface area contributed by atoms with Crippen molar-refractivity contribution in [3.8, 4) is 17.2 Å². The second-order valence-electron chi connectivity index (χ2n) is 4.83. The lowest BCUT2D eigenvalue weighted by atomic mass is 10.3. The molecule has 0 N–H and O–H groups in total. The summed E-state index contributed by atoms with van der Waals surface area (Å²) in [5.41, 5.74) is -0.0555. The Bertz CT molecular complexity index is 698. The third-order valence-corrected chi connectivity index (χ3v) is 3.13. The van der Waals surface area contributed by atoms with Gasteiger partial charge in [0.1, 0.15) is 5.75 Å². The summed E-state index contributed by atoms with van der Waals surface area (Å²) in [6.07, 6.45) is 0.649. The Balaban J connectivity index is 1.74. The Hall–Kier alpha value is -3.09. The van der Waals surface area contributed by atoms with Crippen LogP contribution in [0.2, 0.25) is 0 Å². The summed E-state index contributed by atoms with van der Waals surface area (Å²) in [5.74, 6) is 1.10. The van der Waals surface area contributed by atoms with E-state index in [4.69, 9.17) is 14.2 Å². The fourth-order valence-electron chi connectivity index (χ4n) is 1.96. The van der Waals surface area contributed by atoms with Gasteiger partial charge in [-0.05, 0) is 30.7 Å². The molecule has 0 atom stereocenters. The van der Waals surface area contributed by atoms with E-state index in [1.807, 2.05) is 12.1 Å². The molecule has 0 spiro atoms. The fraction of sp³-hybridized carbons (Fsp3) is 0.235. The topological polar surface area (TPSA) is 87.9 Å². The molecule has 0 bridgehead atoms. The number of nitro groups is 1. The lowest BCUT2D eigenvalue weighted by Crippen LogP contribution is -2.10. The van der Waals surface area contributed by atoms with Crippen LogP contribution in [0.3, 0.4) is 0 Å². The van der Waals surface area contributed by atoms with Gasteiger partial charge in [0.25, 0.3) is 5.69 Å². The Morgan fingerprint density at radius 2 is 1.75 bits per heavy atom. The van der Waals surface area contributed by atoms with Crippen molar-refractivity contribution in [1.29, 1.82) is 0 Å². The largest absolute Gasteiger partial charge is 0.493 e. The minimum Gasteiger partial charge on any atom is -0.493 e. The highest BCUT2D eigenvalue weighted by molar-refractivity contribution is 5.72. The van der Waals surface area contributed by atoms with Crippen LogP contribution in [0, 0.1) is 10.1 Å². The third kappa shape index (κ3) is 4.98. The highest BCUT2D eigenvalue weighted by atomic mass is 16.6. The van der Waals surface area contributed by atoms with Crippen LogP contribution in [-0.4, -0.2) is 24.6 Å². The molecular formula is C17H17NO6. The standard InChI is InChI=1S/C17H17NO6/c1-22-15-5-2-3-6-16(15)23-12-4-7-17(19)24-14-10-8-13(9-11-14)18(20)21/h2-3,5-6,8-11H,4,7,12H2,1H3. The van der Waals surface area contributed by atoms with E-state index in [1.165, 1.54) is 24.3 Å². The number of para-hydroxylation sites is 2. The summed E-state index contributed by atoms with van der Waals surface area (Å²) < 4.78 is 15.8. The molecule has 0 unspecified atom stereocenters. The maximum absolute atomic E-state index is 11.7. The van der Waals surface area contributed by atoms with Crippen molar-refractivity contribution in [3.05, 3.63) is 58.6 Å². The fourth-order valence-corrected chi connectivity index (χ4v) is 1.96. The molecule has 7 nitrogen and oxygen atoms in total. The molecule has 0 aliphatic rings. The smallest absolute Gasteiger partial charge is 0.311 e. The summed E-state index contributed by atoms with van der Waals surface area (Å²) in [6, 6.07) is 12.6. The normalized spacial score (nSPS) is 10.0. The molecule has 2 aromatic carbocycles. The van der Waals surface area contributed by atoms with Crippen LogP contribution >= 0.6 is 0 Å². The number of nitrogens with zero attached hydrogens (tertiary/aromatic N) is 1. The predicted octanol–water partition coefficient (Wildman–Crippen LogP) is 3.37. The van der Waals surface area contributed by atoms with Gasteiger partial charge in [0, 0.05) is 18.6 Å². The Kier molecular flexibility index (Phi) is 6.13. The second-order valence-corrected chi connectivity index (χ2v) is 4.83. The highest BCUT2D eigenvalue weighted by Crippen LogP contribution is 2.25. The number of benzene rings is 2. The number of ether oxygens (including phenoxy) is 3. The van der Waals surface area contributed by atoms with Crippen LogP contribution in [0.5, 0.6) is 17.2 Å². The molecule has 0 aliphatic heterocycles. The van der Waals surface area contributed by atoms with E-state index in [0.717, 1.165) is 0 Å². The van der Waals surface area contributed by atoms with Crippen molar-refractivity contribution >= 4 is 11.7 Å². The third-order valence-electron chi connectivity index (χ3n) is 3.13. The molecule has 0 saturated carbocycles. The van der Waals surface area contributed by atoms with E-state index in [0.29, 0.717) is 24.5 Å². The van der Waals surface area contributed by atoms with Crippen molar-refractivity contribution in [2.75, 3.05) is 13.7 Å². The van der Waals surface area contributed by atoms with E-state index in [9.17, 15) is 14.9 Å². The van der Waals surface area contributed by atoms with E-state index >= 15 is 0 Å². The molecule has 126 valence electrons. The van der Waals surface area contributed by atoms with Crippen LogP contribution < -0.4 is 14.2 Å². The molecule has 2 aromatic rings. The molecule has 0 saturated heterocycles. The van der Waals surface area contributed by atoms with Crippen molar-refractivity contribution in [2.45, 2.75) is 12.8 Å². The van der Waals surface area contributed by atoms with Gasteiger partial charge in [-0.25, -0.2) is 0 Å². The zero-order chi connectivity index (χ0) is 17.4. The molecule has 0 aliphatic carbocycles. The summed E-state index contributed by atoms with van der Waals surface area (Å²) in [6.45, 7) is 0.343. The molecule has 24 heavy (non-hydrogen) atoms. The highest BCUT2D eigenvalue weighted by Gasteiger charge is 2.09. The summed E-state index contributed by atoms with van der Waals surface area (Å²) >= 11 is 0. The first-order valence-corrected chi connectivity index (χ1v) is 7.31. The zero-order valence-electron chi connectivity index (χ0n) is 13.1. The van der Waals surface area contributed by atoms with Crippen LogP contribution in [-0.2, 0) is 4.79 Å². The van der Waals surface area contributed by atoms with Crippen LogP contribution in [0.15, 0.2) is 48.5 Å². The van der Waals surface area contributed by atoms with E-state index in [1.54, 1.807) is 19.2 Å². The average Bonchev–Trinajstić information content (AvgIpc) is 2.59.